The lowest BCUT2D eigenvalue weighted by Crippen LogP contribution is -1.95. The summed E-state index contributed by atoms with van der Waals surface area (Å²) in [6.45, 7) is 0. The van der Waals surface area contributed by atoms with Crippen LogP contribution in [0.1, 0.15) is 0 Å². The van der Waals surface area contributed by atoms with Gasteiger partial charge in [-0.05, 0) is 30.3 Å². The Morgan fingerprint density at radius 2 is 1.54 bits per heavy atom. The van der Waals surface area contributed by atoms with Crippen LogP contribution in [0.15, 0.2) is 84.9 Å². The van der Waals surface area contributed by atoms with Crippen molar-refractivity contribution >= 4 is 22.3 Å². The number of nitrogens with one attached hydrogen (secondary N) is 1. The standard InChI is InChI=1S/C21H15FN2/c22-16-9-6-10-17(13-16)23-21-14-20(15-7-2-1-3-8-15)24-19-12-5-4-11-18(19)21/h1-14H,(H,23,24). The van der Waals surface area contributed by atoms with Crippen LogP contribution >= 0.6 is 0 Å². The largest absolute Gasteiger partial charge is 0.355 e. The molecule has 0 aliphatic carbocycles. The van der Waals surface area contributed by atoms with Crippen molar-refractivity contribution in [3.63, 3.8) is 0 Å². The molecule has 0 aliphatic rings. The van der Waals surface area contributed by atoms with Crippen molar-refractivity contribution in [1.82, 2.24) is 4.98 Å². The summed E-state index contributed by atoms with van der Waals surface area (Å²) in [4.78, 5) is 4.75. The lowest BCUT2D eigenvalue weighted by atomic mass is 10.1. The maximum Gasteiger partial charge on any atom is 0.125 e. The van der Waals surface area contributed by atoms with E-state index in [0.717, 1.165) is 27.8 Å². The molecule has 0 bridgehead atoms. The molecular formula is C21H15FN2. The fourth-order valence-corrected chi connectivity index (χ4v) is 2.76. The Balaban J connectivity index is 1.86. The normalized spacial score (nSPS) is 10.7. The Kier molecular flexibility index (Phi) is 3.67. The molecule has 0 fully saturated rings. The molecular weight excluding hydrogens is 299 g/mol. The average Bonchev–Trinajstić information content (AvgIpc) is 2.62. The summed E-state index contributed by atoms with van der Waals surface area (Å²) in [5, 5.41) is 4.32. The predicted octanol–water partition coefficient (Wildman–Crippen LogP) is 5.78. The van der Waals surface area contributed by atoms with Crippen LogP contribution < -0.4 is 5.32 Å². The zero-order valence-corrected chi connectivity index (χ0v) is 12.9. The van der Waals surface area contributed by atoms with Gasteiger partial charge in [0.25, 0.3) is 0 Å². The highest BCUT2D eigenvalue weighted by Gasteiger charge is 2.08. The van der Waals surface area contributed by atoms with Gasteiger partial charge in [0.1, 0.15) is 5.82 Å². The maximum absolute atomic E-state index is 13.5. The van der Waals surface area contributed by atoms with Crippen molar-refractivity contribution in [1.29, 1.82) is 0 Å². The van der Waals surface area contributed by atoms with E-state index in [4.69, 9.17) is 4.98 Å². The highest BCUT2D eigenvalue weighted by atomic mass is 19.1. The van der Waals surface area contributed by atoms with E-state index in [1.165, 1.54) is 12.1 Å². The van der Waals surface area contributed by atoms with Crippen molar-refractivity contribution in [3.8, 4) is 11.3 Å². The van der Waals surface area contributed by atoms with Gasteiger partial charge in [-0.1, -0.05) is 54.6 Å². The van der Waals surface area contributed by atoms with Crippen molar-refractivity contribution in [2.24, 2.45) is 0 Å². The number of rotatable bonds is 3. The van der Waals surface area contributed by atoms with E-state index in [1.54, 1.807) is 6.07 Å². The zero-order chi connectivity index (χ0) is 16.4. The van der Waals surface area contributed by atoms with Crippen LogP contribution in [0, 0.1) is 5.82 Å². The quantitative estimate of drug-likeness (QED) is 0.518. The summed E-state index contributed by atoms with van der Waals surface area (Å²) in [6.07, 6.45) is 0. The third-order valence-corrected chi connectivity index (χ3v) is 3.89. The van der Waals surface area contributed by atoms with Gasteiger partial charge in [-0.15, -0.1) is 0 Å². The zero-order valence-electron chi connectivity index (χ0n) is 12.9. The third kappa shape index (κ3) is 2.84. The number of para-hydroxylation sites is 1. The second kappa shape index (κ2) is 6.13. The molecule has 3 aromatic carbocycles. The molecule has 0 unspecified atom stereocenters. The monoisotopic (exact) mass is 314 g/mol. The number of hydrogen-bond donors (Lipinski definition) is 1. The fraction of sp³-hybridized carbons (Fsp3) is 0. The van der Waals surface area contributed by atoms with Gasteiger partial charge < -0.3 is 5.32 Å². The second-order valence-electron chi connectivity index (χ2n) is 5.57. The van der Waals surface area contributed by atoms with Crippen LogP contribution in [0.3, 0.4) is 0 Å². The minimum absolute atomic E-state index is 0.262. The van der Waals surface area contributed by atoms with Crippen LogP contribution in [-0.2, 0) is 0 Å². The molecule has 0 spiro atoms. The molecule has 2 nitrogen and oxygen atoms in total. The highest BCUT2D eigenvalue weighted by Crippen LogP contribution is 2.30. The SMILES string of the molecule is Fc1cccc(Nc2cc(-c3ccccc3)nc3ccccc23)c1. The van der Waals surface area contributed by atoms with Crippen molar-refractivity contribution in [2.75, 3.05) is 5.32 Å². The Hall–Kier alpha value is -3.20. The number of aromatic nitrogens is 1. The lowest BCUT2D eigenvalue weighted by Gasteiger charge is -2.12. The van der Waals surface area contributed by atoms with Crippen LogP contribution in [0.25, 0.3) is 22.2 Å². The summed E-state index contributed by atoms with van der Waals surface area (Å²) in [7, 11) is 0. The Morgan fingerprint density at radius 3 is 2.38 bits per heavy atom. The first-order valence-electron chi connectivity index (χ1n) is 7.77. The van der Waals surface area contributed by atoms with Gasteiger partial charge in [-0.3, -0.25) is 0 Å². The summed E-state index contributed by atoms with van der Waals surface area (Å²) in [5.41, 5.74) is 4.45. The van der Waals surface area contributed by atoms with Crippen LogP contribution in [-0.4, -0.2) is 4.98 Å². The smallest absolute Gasteiger partial charge is 0.125 e. The van der Waals surface area contributed by atoms with E-state index < -0.39 is 0 Å². The molecule has 0 saturated carbocycles. The number of nitrogens with zero attached hydrogens (tertiary/aromatic N) is 1. The molecule has 0 atom stereocenters. The molecule has 4 aromatic rings. The van der Waals surface area contributed by atoms with Gasteiger partial charge in [0.2, 0.25) is 0 Å². The van der Waals surface area contributed by atoms with E-state index in [-0.39, 0.29) is 5.82 Å². The van der Waals surface area contributed by atoms with Gasteiger partial charge >= 0.3 is 0 Å². The minimum atomic E-state index is -0.262. The van der Waals surface area contributed by atoms with Crippen molar-refractivity contribution in [2.45, 2.75) is 0 Å². The Morgan fingerprint density at radius 1 is 0.750 bits per heavy atom. The van der Waals surface area contributed by atoms with E-state index in [0.29, 0.717) is 5.69 Å². The van der Waals surface area contributed by atoms with Crippen LogP contribution in [0.2, 0.25) is 0 Å². The number of benzene rings is 3. The van der Waals surface area contributed by atoms with E-state index in [9.17, 15) is 4.39 Å². The topological polar surface area (TPSA) is 24.9 Å². The maximum atomic E-state index is 13.5. The van der Waals surface area contributed by atoms with Crippen molar-refractivity contribution in [3.05, 3.63) is 90.7 Å². The van der Waals surface area contributed by atoms with E-state index in [1.807, 2.05) is 66.7 Å². The Bertz CT molecular complexity index is 997. The van der Waals surface area contributed by atoms with Gasteiger partial charge in [0.15, 0.2) is 0 Å². The molecule has 1 heterocycles. The first-order valence-corrected chi connectivity index (χ1v) is 7.77. The molecule has 116 valence electrons. The second-order valence-corrected chi connectivity index (χ2v) is 5.57. The lowest BCUT2D eigenvalue weighted by molar-refractivity contribution is 0.628. The molecule has 3 heteroatoms. The summed E-state index contributed by atoms with van der Waals surface area (Å²) >= 11 is 0. The first kappa shape index (κ1) is 14.4. The third-order valence-electron chi connectivity index (χ3n) is 3.89. The molecule has 4 rings (SSSR count). The summed E-state index contributed by atoms with van der Waals surface area (Å²) < 4.78 is 13.5. The van der Waals surface area contributed by atoms with Crippen LogP contribution in [0.5, 0.6) is 0 Å². The van der Waals surface area contributed by atoms with Gasteiger partial charge in [0.05, 0.1) is 16.9 Å². The Labute approximate surface area is 139 Å². The number of anilines is 2. The van der Waals surface area contributed by atoms with Gasteiger partial charge in [-0.25, -0.2) is 9.37 Å². The molecule has 1 aromatic heterocycles. The molecule has 1 N–H and O–H groups in total. The molecule has 24 heavy (non-hydrogen) atoms. The molecule has 0 amide bonds. The summed E-state index contributed by atoms with van der Waals surface area (Å²) in [5.74, 6) is -0.262. The number of halogens is 1. The van der Waals surface area contributed by atoms with E-state index in [2.05, 4.69) is 5.32 Å². The molecule has 0 saturated heterocycles. The summed E-state index contributed by atoms with van der Waals surface area (Å²) in [6, 6.07) is 26.4. The number of hydrogen-bond acceptors (Lipinski definition) is 2. The predicted molar refractivity (Wildman–Crippen MR) is 96.9 cm³/mol. The van der Waals surface area contributed by atoms with Gasteiger partial charge in [0, 0.05) is 16.6 Å². The fourth-order valence-electron chi connectivity index (χ4n) is 2.76. The molecule has 0 aliphatic heterocycles. The first-order chi connectivity index (χ1) is 11.8. The number of fused-ring (bicyclic) bond motifs is 1. The highest BCUT2D eigenvalue weighted by molar-refractivity contribution is 5.95. The van der Waals surface area contributed by atoms with Crippen molar-refractivity contribution < 1.29 is 4.39 Å². The van der Waals surface area contributed by atoms with Gasteiger partial charge in [-0.2, -0.15) is 0 Å². The number of pyridine rings is 1. The average molecular weight is 314 g/mol. The molecule has 0 radical (unpaired) electrons. The van der Waals surface area contributed by atoms with Crippen LogP contribution in [0.4, 0.5) is 15.8 Å². The van der Waals surface area contributed by atoms with E-state index >= 15 is 0 Å². The minimum Gasteiger partial charge on any atom is -0.355 e.